The Morgan fingerprint density at radius 1 is 1.17 bits per heavy atom. The molecule has 2 aromatic heterocycles. The lowest BCUT2D eigenvalue weighted by Crippen LogP contribution is -1.99. The summed E-state index contributed by atoms with van der Waals surface area (Å²) in [6.07, 6.45) is 12.0. The molecular formula is C17H17N5OS. The molecule has 6 nitrogen and oxygen atoms in total. The number of benzene rings is 1. The number of hydrogen-bond donors (Lipinski definition) is 1. The molecule has 0 bridgehead atoms. The van der Waals surface area contributed by atoms with Gasteiger partial charge in [-0.15, -0.1) is 10.2 Å². The first-order chi connectivity index (χ1) is 11.8. The second-order valence-corrected chi connectivity index (χ2v) is 7.14. The number of phenols is 1. The minimum Gasteiger partial charge on any atom is -0.507 e. The summed E-state index contributed by atoms with van der Waals surface area (Å²) in [5.41, 5.74) is 1.40. The molecule has 0 saturated heterocycles. The Morgan fingerprint density at radius 2 is 2.04 bits per heavy atom. The summed E-state index contributed by atoms with van der Waals surface area (Å²) < 4.78 is 1.82. The van der Waals surface area contributed by atoms with Crippen molar-refractivity contribution in [1.82, 2.24) is 24.7 Å². The predicted octanol–water partition coefficient (Wildman–Crippen LogP) is 3.46. The van der Waals surface area contributed by atoms with Gasteiger partial charge in [-0.25, -0.2) is 9.97 Å². The fraction of sp³-hybridized carbons (Fsp3) is 0.294. The van der Waals surface area contributed by atoms with Crippen molar-refractivity contribution in [2.75, 3.05) is 0 Å². The molecule has 1 saturated carbocycles. The average Bonchev–Trinajstić information content (AvgIpc) is 3.29. The Hall–Kier alpha value is -2.41. The third-order valence-electron chi connectivity index (χ3n) is 4.15. The van der Waals surface area contributed by atoms with Crippen molar-refractivity contribution < 1.29 is 5.11 Å². The van der Waals surface area contributed by atoms with Crippen molar-refractivity contribution in [1.29, 1.82) is 0 Å². The van der Waals surface area contributed by atoms with Gasteiger partial charge in [0.15, 0.2) is 5.82 Å². The highest BCUT2D eigenvalue weighted by atomic mass is 32.2. The van der Waals surface area contributed by atoms with Gasteiger partial charge in [-0.05, 0) is 25.0 Å². The predicted molar refractivity (Wildman–Crippen MR) is 92.2 cm³/mol. The van der Waals surface area contributed by atoms with Crippen LogP contribution in [0.5, 0.6) is 5.75 Å². The Morgan fingerprint density at radius 3 is 2.71 bits per heavy atom. The van der Waals surface area contributed by atoms with E-state index in [0.717, 1.165) is 10.7 Å². The van der Waals surface area contributed by atoms with E-state index >= 15 is 0 Å². The summed E-state index contributed by atoms with van der Waals surface area (Å²) in [6.45, 7) is 0. The van der Waals surface area contributed by atoms with E-state index in [1.807, 2.05) is 16.8 Å². The third kappa shape index (κ3) is 3.12. The van der Waals surface area contributed by atoms with Crippen molar-refractivity contribution in [2.45, 2.75) is 36.0 Å². The number of imidazole rings is 1. The van der Waals surface area contributed by atoms with Crippen LogP contribution in [-0.2, 0) is 0 Å². The minimum absolute atomic E-state index is 0.124. The highest BCUT2D eigenvalue weighted by molar-refractivity contribution is 7.99. The lowest BCUT2D eigenvalue weighted by Gasteiger charge is -2.08. The molecule has 1 N–H and O–H groups in total. The number of aromatic nitrogens is 5. The second kappa shape index (κ2) is 6.60. The van der Waals surface area contributed by atoms with Crippen LogP contribution >= 0.6 is 11.8 Å². The maximum absolute atomic E-state index is 10.3. The molecule has 2 heterocycles. The Balaban J connectivity index is 1.54. The monoisotopic (exact) mass is 339 g/mol. The molecule has 1 aromatic carbocycles. The van der Waals surface area contributed by atoms with Crippen LogP contribution < -0.4 is 0 Å². The van der Waals surface area contributed by atoms with Gasteiger partial charge in [-0.3, -0.25) is 0 Å². The molecule has 1 fully saturated rings. The van der Waals surface area contributed by atoms with Gasteiger partial charge in [0.2, 0.25) is 0 Å². The van der Waals surface area contributed by atoms with Crippen LogP contribution in [0, 0.1) is 0 Å². The van der Waals surface area contributed by atoms with Gasteiger partial charge in [0.1, 0.15) is 10.8 Å². The fourth-order valence-electron chi connectivity index (χ4n) is 2.90. The number of rotatable bonds is 4. The molecule has 1 aliphatic carbocycles. The summed E-state index contributed by atoms with van der Waals surface area (Å²) in [7, 11) is 0. The molecule has 0 unspecified atom stereocenters. The van der Waals surface area contributed by atoms with Gasteiger partial charge in [0.05, 0.1) is 23.8 Å². The quantitative estimate of drug-likeness (QED) is 0.784. The zero-order valence-corrected chi connectivity index (χ0v) is 13.9. The minimum atomic E-state index is 0.124. The molecule has 1 aliphatic rings. The SMILES string of the molecule is Oc1cc(-n2ccnc2)ccc1-c1ncc(SC2CCCC2)nn1. The van der Waals surface area contributed by atoms with E-state index in [1.165, 1.54) is 25.7 Å². The van der Waals surface area contributed by atoms with Gasteiger partial charge < -0.3 is 9.67 Å². The molecule has 7 heteroatoms. The van der Waals surface area contributed by atoms with Crippen LogP contribution in [-0.4, -0.2) is 35.1 Å². The van der Waals surface area contributed by atoms with Crippen molar-refractivity contribution in [3.8, 4) is 22.8 Å². The number of nitrogens with zero attached hydrogens (tertiary/aromatic N) is 5. The van der Waals surface area contributed by atoms with E-state index in [2.05, 4.69) is 20.2 Å². The zero-order chi connectivity index (χ0) is 16.4. The van der Waals surface area contributed by atoms with Crippen LogP contribution in [0.25, 0.3) is 17.1 Å². The largest absolute Gasteiger partial charge is 0.507 e. The molecule has 24 heavy (non-hydrogen) atoms. The van der Waals surface area contributed by atoms with Crippen LogP contribution in [0.4, 0.5) is 0 Å². The highest BCUT2D eigenvalue weighted by Crippen LogP contribution is 2.34. The number of thioether (sulfide) groups is 1. The van der Waals surface area contributed by atoms with Crippen molar-refractivity contribution in [3.63, 3.8) is 0 Å². The van der Waals surface area contributed by atoms with Gasteiger partial charge in [0, 0.05) is 23.7 Å². The van der Waals surface area contributed by atoms with Crippen LogP contribution in [0.3, 0.4) is 0 Å². The molecule has 4 rings (SSSR count). The van der Waals surface area contributed by atoms with E-state index < -0.39 is 0 Å². The molecule has 0 radical (unpaired) electrons. The molecule has 3 aromatic rings. The Kier molecular flexibility index (Phi) is 4.17. The molecule has 122 valence electrons. The first-order valence-electron chi connectivity index (χ1n) is 7.98. The lowest BCUT2D eigenvalue weighted by atomic mass is 10.1. The van der Waals surface area contributed by atoms with E-state index in [0.29, 0.717) is 16.6 Å². The zero-order valence-electron chi connectivity index (χ0n) is 13.0. The molecule has 0 atom stereocenters. The standard InChI is InChI=1S/C17H17N5OS/c23-15-9-12(22-8-7-18-11-22)5-6-14(15)17-19-10-16(20-21-17)24-13-3-1-2-4-13/h5-11,13,23H,1-4H2. The molecule has 0 aliphatic heterocycles. The van der Waals surface area contributed by atoms with E-state index in [4.69, 9.17) is 0 Å². The lowest BCUT2D eigenvalue weighted by molar-refractivity contribution is 0.476. The Labute approximate surface area is 144 Å². The maximum atomic E-state index is 10.3. The topological polar surface area (TPSA) is 76.7 Å². The third-order valence-corrected chi connectivity index (χ3v) is 5.39. The smallest absolute Gasteiger partial charge is 0.185 e. The van der Waals surface area contributed by atoms with Crippen molar-refractivity contribution in [3.05, 3.63) is 43.1 Å². The summed E-state index contributed by atoms with van der Waals surface area (Å²) >= 11 is 1.75. The molecule has 0 amide bonds. The van der Waals surface area contributed by atoms with Gasteiger partial charge in [-0.2, -0.15) is 0 Å². The van der Waals surface area contributed by atoms with E-state index in [-0.39, 0.29) is 5.75 Å². The second-order valence-electron chi connectivity index (χ2n) is 5.82. The highest BCUT2D eigenvalue weighted by Gasteiger charge is 2.17. The van der Waals surface area contributed by atoms with Gasteiger partial charge >= 0.3 is 0 Å². The first kappa shape index (κ1) is 15.1. The van der Waals surface area contributed by atoms with Gasteiger partial charge in [0.25, 0.3) is 0 Å². The van der Waals surface area contributed by atoms with Crippen LogP contribution in [0.1, 0.15) is 25.7 Å². The fourth-order valence-corrected chi connectivity index (χ4v) is 4.01. The van der Waals surface area contributed by atoms with E-state index in [9.17, 15) is 5.11 Å². The summed E-state index contributed by atoms with van der Waals surface area (Å²) in [6, 6.07) is 5.36. The van der Waals surface area contributed by atoms with Crippen molar-refractivity contribution >= 4 is 11.8 Å². The number of hydrogen-bond acceptors (Lipinski definition) is 6. The summed E-state index contributed by atoms with van der Waals surface area (Å²) in [5, 5.41) is 20.2. The van der Waals surface area contributed by atoms with Crippen LogP contribution in [0.15, 0.2) is 48.1 Å². The van der Waals surface area contributed by atoms with Crippen LogP contribution in [0.2, 0.25) is 0 Å². The average molecular weight is 339 g/mol. The normalized spacial score (nSPS) is 15.0. The molecular weight excluding hydrogens is 322 g/mol. The molecule has 0 spiro atoms. The van der Waals surface area contributed by atoms with E-state index in [1.54, 1.807) is 42.6 Å². The maximum Gasteiger partial charge on any atom is 0.185 e. The summed E-state index contributed by atoms with van der Waals surface area (Å²) in [5.74, 6) is 0.555. The summed E-state index contributed by atoms with van der Waals surface area (Å²) in [4.78, 5) is 8.38. The Bertz CT molecular complexity index is 814. The van der Waals surface area contributed by atoms with Gasteiger partial charge in [-0.1, -0.05) is 24.6 Å². The number of aromatic hydroxyl groups is 1. The van der Waals surface area contributed by atoms with Crippen molar-refractivity contribution in [2.24, 2.45) is 0 Å². The first-order valence-corrected chi connectivity index (χ1v) is 8.86. The number of phenolic OH excluding ortho intramolecular Hbond substituents is 1.